The Hall–Kier alpha value is -0.570. The molecule has 0 bridgehead atoms. The van der Waals surface area contributed by atoms with E-state index >= 15 is 0 Å². The van der Waals surface area contributed by atoms with E-state index in [1.54, 1.807) is 0 Å². The van der Waals surface area contributed by atoms with Gasteiger partial charge in [-0.15, -0.1) is 0 Å². The molecule has 2 atom stereocenters. The maximum absolute atomic E-state index is 11.7. The fourth-order valence-electron chi connectivity index (χ4n) is 2.20. The summed E-state index contributed by atoms with van der Waals surface area (Å²) in [6.45, 7) is 6.02. The molecule has 0 aliphatic heterocycles. The van der Waals surface area contributed by atoms with Crippen LogP contribution >= 0.6 is 0 Å². The molecule has 3 heteroatoms. The molecule has 3 N–H and O–H groups in total. The summed E-state index contributed by atoms with van der Waals surface area (Å²) >= 11 is 0. The van der Waals surface area contributed by atoms with Gasteiger partial charge in [0.25, 0.3) is 0 Å². The van der Waals surface area contributed by atoms with Gasteiger partial charge in [-0.25, -0.2) is 0 Å². The van der Waals surface area contributed by atoms with E-state index in [9.17, 15) is 4.79 Å². The number of carbonyl (C=O) groups is 1. The average Bonchev–Trinajstić information content (AvgIpc) is 2.05. The lowest BCUT2D eigenvalue weighted by Crippen LogP contribution is -2.43. The maximum Gasteiger partial charge on any atom is 0.220 e. The Morgan fingerprint density at radius 1 is 1.33 bits per heavy atom. The molecule has 1 amide bonds. The zero-order valence-electron chi connectivity index (χ0n) is 10.2. The summed E-state index contributed by atoms with van der Waals surface area (Å²) in [5, 5.41) is 2.99. The molecule has 3 nitrogen and oxygen atoms in total. The molecule has 1 saturated carbocycles. The molecule has 1 fully saturated rings. The molecule has 1 aliphatic rings. The first-order chi connectivity index (χ1) is 6.88. The number of amides is 1. The van der Waals surface area contributed by atoms with Crippen LogP contribution in [0.3, 0.4) is 0 Å². The lowest BCUT2D eigenvalue weighted by atomic mass is 9.82. The SMILES string of the molecule is CC(C)(C)NC(=O)CC1CCCCC1N. The summed E-state index contributed by atoms with van der Waals surface area (Å²) in [4.78, 5) is 11.7. The number of hydrogen-bond donors (Lipinski definition) is 2. The van der Waals surface area contributed by atoms with E-state index < -0.39 is 0 Å². The zero-order chi connectivity index (χ0) is 11.5. The molecule has 0 saturated heterocycles. The van der Waals surface area contributed by atoms with Crippen LogP contribution in [0.15, 0.2) is 0 Å². The van der Waals surface area contributed by atoms with Crippen molar-refractivity contribution < 1.29 is 4.79 Å². The van der Waals surface area contributed by atoms with Crippen molar-refractivity contribution in [2.24, 2.45) is 11.7 Å². The molecule has 0 aromatic rings. The van der Waals surface area contributed by atoms with Crippen molar-refractivity contribution >= 4 is 5.91 Å². The Kier molecular flexibility index (Phi) is 4.14. The van der Waals surface area contributed by atoms with Crippen molar-refractivity contribution in [2.45, 2.75) is 64.5 Å². The number of rotatable bonds is 2. The molecule has 1 aliphatic carbocycles. The second kappa shape index (κ2) is 4.97. The Morgan fingerprint density at radius 3 is 2.47 bits per heavy atom. The third-order valence-corrected chi connectivity index (χ3v) is 2.93. The Balaban J connectivity index is 2.36. The fourth-order valence-corrected chi connectivity index (χ4v) is 2.20. The lowest BCUT2D eigenvalue weighted by Gasteiger charge is -2.29. The Labute approximate surface area is 92.8 Å². The van der Waals surface area contributed by atoms with Gasteiger partial charge in [0.15, 0.2) is 0 Å². The van der Waals surface area contributed by atoms with Crippen LogP contribution in [-0.2, 0) is 4.79 Å². The summed E-state index contributed by atoms with van der Waals surface area (Å²) in [5.41, 5.74) is 5.88. The fraction of sp³-hybridized carbons (Fsp3) is 0.917. The molecule has 0 radical (unpaired) electrons. The molecule has 0 aromatic carbocycles. The highest BCUT2D eigenvalue weighted by atomic mass is 16.1. The molecular formula is C12H24N2O. The minimum absolute atomic E-state index is 0.129. The molecule has 88 valence electrons. The summed E-state index contributed by atoms with van der Waals surface area (Å²) < 4.78 is 0. The van der Waals surface area contributed by atoms with E-state index in [4.69, 9.17) is 5.73 Å². The molecule has 0 spiro atoms. The second-order valence-electron chi connectivity index (χ2n) is 5.71. The smallest absolute Gasteiger partial charge is 0.220 e. The highest BCUT2D eigenvalue weighted by molar-refractivity contribution is 5.77. The number of carbonyl (C=O) groups excluding carboxylic acids is 1. The van der Waals surface area contributed by atoms with E-state index in [0.717, 1.165) is 12.8 Å². The molecule has 0 aromatic heterocycles. The van der Waals surface area contributed by atoms with Gasteiger partial charge >= 0.3 is 0 Å². The van der Waals surface area contributed by atoms with Gasteiger partial charge in [-0.05, 0) is 39.5 Å². The van der Waals surface area contributed by atoms with Crippen molar-refractivity contribution in [1.82, 2.24) is 5.32 Å². The summed E-state index contributed by atoms with van der Waals surface area (Å²) in [7, 11) is 0. The monoisotopic (exact) mass is 212 g/mol. The highest BCUT2D eigenvalue weighted by Gasteiger charge is 2.25. The Bertz CT molecular complexity index is 220. The van der Waals surface area contributed by atoms with Crippen molar-refractivity contribution in [3.8, 4) is 0 Å². The maximum atomic E-state index is 11.7. The van der Waals surface area contributed by atoms with Crippen LogP contribution in [0.5, 0.6) is 0 Å². The predicted molar refractivity (Wildman–Crippen MR) is 62.4 cm³/mol. The first kappa shape index (κ1) is 12.5. The second-order valence-corrected chi connectivity index (χ2v) is 5.71. The van der Waals surface area contributed by atoms with Gasteiger partial charge in [0.2, 0.25) is 5.91 Å². The van der Waals surface area contributed by atoms with E-state index in [0.29, 0.717) is 12.3 Å². The number of nitrogens with one attached hydrogen (secondary N) is 1. The van der Waals surface area contributed by atoms with Gasteiger partial charge in [0.05, 0.1) is 0 Å². The topological polar surface area (TPSA) is 55.1 Å². The molecule has 1 rings (SSSR count). The summed E-state index contributed by atoms with van der Waals surface area (Å²) in [6, 6.07) is 0.226. The van der Waals surface area contributed by atoms with Gasteiger partial charge in [0.1, 0.15) is 0 Å². The van der Waals surface area contributed by atoms with Gasteiger partial charge in [-0.1, -0.05) is 12.8 Å². The average molecular weight is 212 g/mol. The van der Waals surface area contributed by atoms with E-state index in [-0.39, 0.29) is 17.5 Å². The standard InChI is InChI=1S/C12H24N2O/c1-12(2,3)14-11(15)8-9-6-4-5-7-10(9)13/h9-10H,4-8,13H2,1-3H3,(H,14,15). The van der Waals surface area contributed by atoms with Gasteiger partial charge < -0.3 is 11.1 Å². The molecule has 0 heterocycles. The predicted octanol–water partition coefficient (Wildman–Crippen LogP) is 1.81. The third kappa shape index (κ3) is 4.65. The van der Waals surface area contributed by atoms with E-state index in [2.05, 4.69) is 5.32 Å². The molecular weight excluding hydrogens is 188 g/mol. The van der Waals surface area contributed by atoms with Crippen LogP contribution in [0.2, 0.25) is 0 Å². The van der Waals surface area contributed by atoms with Crippen LogP contribution in [-0.4, -0.2) is 17.5 Å². The van der Waals surface area contributed by atoms with E-state index in [1.807, 2.05) is 20.8 Å². The zero-order valence-corrected chi connectivity index (χ0v) is 10.2. The number of nitrogens with two attached hydrogens (primary N) is 1. The van der Waals surface area contributed by atoms with Crippen molar-refractivity contribution in [2.75, 3.05) is 0 Å². The third-order valence-electron chi connectivity index (χ3n) is 2.93. The summed E-state index contributed by atoms with van der Waals surface area (Å²) in [5.74, 6) is 0.533. The van der Waals surface area contributed by atoms with Crippen LogP contribution < -0.4 is 11.1 Å². The minimum atomic E-state index is -0.129. The molecule has 15 heavy (non-hydrogen) atoms. The van der Waals surface area contributed by atoms with Crippen LogP contribution in [0.25, 0.3) is 0 Å². The number of hydrogen-bond acceptors (Lipinski definition) is 2. The minimum Gasteiger partial charge on any atom is -0.351 e. The van der Waals surface area contributed by atoms with Gasteiger partial charge in [-0.2, -0.15) is 0 Å². The quantitative estimate of drug-likeness (QED) is 0.733. The van der Waals surface area contributed by atoms with Crippen molar-refractivity contribution in [1.29, 1.82) is 0 Å². The Morgan fingerprint density at radius 2 is 1.93 bits per heavy atom. The highest BCUT2D eigenvalue weighted by Crippen LogP contribution is 2.25. The van der Waals surface area contributed by atoms with Gasteiger partial charge in [-0.3, -0.25) is 4.79 Å². The van der Waals surface area contributed by atoms with E-state index in [1.165, 1.54) is 12.8 Å². The first-order valence-corrected chi connectivity index (χ1v) is 5.95. The van der Waals surface area contributed by atoms with Crippen LogP contribution in [0.4, 0.5) is 0 Å². The first-order valence-electron chi connectivity index (χ1n) is 5.95. The normalized spacial score (nSPS) is 27.5. The van der Waals surface area contributed by atoms with Crippen LogP contribution in [0.1, 0.15) is 52.9 Å². The summed E-state index contributed by atoms with van der Waals surface area (Å²) in [6.07, 6.45) is 5.23. The van der Waals surface area contributed by atoms with Crippen LogP contribution in [0, 0.1) is 5.92 Å². The van der Waals surface area contributed by atoms with Gasteiger partial charge in [0, 0.05) is 18.0 Å². The molecule has 2 unspecified atom stereocenters. The van der Waals surface area contributed by atoms with Crippen molar-refractivity contribution in [3.63, 3.8) is 0 Å². The van der Waals surface area contributed by atoms with Crippen molar-refractivity contribution in [3.05, 3.63) is 0 Å². The lowest BCUT2D eigenvalue weighted by molar-refractivity contribution is -0.123. The largest absolute Gasteiger partial charge is 0.351 e.